The van der Waals surface area contributed by atoms with Crippen LogP contribution in [-0.4, -0.2) is 24.4 Å². The van der Waals surface area contributed by atoms with Gasteiger partial charge in [0.2, 0.25) is 5.91 Å². The molecule has 1 heterocycles. The number of amides is 1. The Morgan fingerprint density at radius 1 is 1.27 bits per heavy atom. The van der Waals surface area contributed by atoms with Gasteiger partial charge in [-0.1, -0.05) is 35.9 Å². The van der Waals surface area contributed by atoms with E-state index in [1.54, 1.807) is 36.5 Å². The maximum atomic E-state index is 12.3. The Kier molecular flexibility index (Phi) is 6.17. The van der Waals surface area contributed by atoms with Crippen molar-refractivity contribution in [3.8, 4) is 5.75 Å². The number of rotatable bonds is 8. The smallest absolute Gasteiger partial charge is 0.228 e. The lowest BCUT2D eigenvalue weighted by Crippen LogP contribution is -2.15. The molecule has 3 aromatic rings. The van der Waals surface area contributed by atoms with Crippen LogP contribution in [0.25, 0.3) is 0 Å². The second kappa shape index (κ2) is 8.99. The van der Waals surface area contributed by atoms with E-state index in [9.17, 15) is 13.6 Å². The SMILES string of the molecule is O=C(Cc1ccccc1Cl)Nc1ccc(COc2cnn(C3CC3)c2)c(S(=O)O)c1. The van der Waals surface area contributed by atoms with Crippen molar-refractivity contribution in [1.29, 1.82) is 0 Å². The normalized spacial score (nSPS) is 14.3. The number of nitrogens with zero attached hydrogens (tertiary/aromatic N) is 2. The number of anilines is 1. The van der Waals surface area contributed by atoms with E-state index in [0.29, 0.717) is 33.6 Å². The lowest BCUT2D eigenvalue weighted by atomic mass is 10.1. The molecule has 0 radical (unpaired) electrons. The summed E-state index contributed by atoms with van der Waals surface area (Å²) in [7, 11) is 0. The van der Waals surface area contributed by atoms with Crippen molar-refractivity contribution in [2.24, 2.45) is 0 Å². The number of carbonyl (C=O) groups excluding carboxylic acids is 1. The molecule has 7 nitrogen and oxygen atoms in total. The Balaban J connectivity index is 1.42. The average Bonchev–Trinajstić information content (AvgIpc) is 3.47. The van der Waals surface area contributed by atoms with Crippen molar-refractivity contribution in [3.63, 3.8) is 0 Å². The summed E-state index contributed by atoms with van der Waals surface area (Å²) in [5.41, 5.74) is 1.69. The summed E-state index contributed by atoms with van der Waals surface area (Å²) in [6.07, 6.45) is 5.82. The van der Waals surface area contributed by atoms with Crippen LogP contribution < -0.4 is 10.1 Å². The van der Waals surface area contributed by atoms with Crippen LogP contribution >= 0.6 is 11.6 Å². The van der Waals surface area contributed by atoms with Gasteiger partial charge in [-0.25, -0.2) is 4.21 Å². The van der Waals surface area contributed by atoms with Gasteiger partial charge in [-0.15, -0.1) is 0 Å². The zero-order chi connectivity index (χ0) is 21.1. The Labute approximate surface area is 181 Å². The third kappa shape index (κ3) is 5.08. The molecule has 2 N–H and O–H groups in total. The van der Waals surface area contributed by atoms with Crippen LogP contribution in [0.1, 0.15) is 30.0 Å². The minimum atomic E-state index is -2.23. The van der Waals surface area contributed by atoms with Gasteiger partial charge in [-0.05, 0) is 36.6 Å². The second-order valence-corrected chi connectivity index (χ2v) is 8.41. The number of hydrogen-bond acceptors (Lipinski definition) is 4. The molecule has 0 spiro atoms. The van der Waals surface area contributed by atoms with Crippen LogP contribution in [0.4, 0.5) is 5.69 Å². The maximum Gasteiger partial charge on any atom is 0.228 e. The fraction of sp³-hybridized carbons (Fsp3) is 0.238. The van der Waals surface area contributed by atoms with E-state index in [-0.39, 0.29) is 23.8 Å². The van der Waals surface area contributed by atoms with E-state index in [4.69, 9.17) is 16.3 Å². The maximum absolute atomic E-state index is 12.3. The molecule has 0 aliphatic heterocycles. The van der Waals surface area contributed by atoms with E-state index in [1.165, 1.54) is 6.07 Å². The van der Waals surface area contributed by atoms with Gasteiger partial charge in [0.05, 0.1) is 29.8 Å². The van der Waals surface area contributed by atoms with Gasteiger partial charge < -0.3 is 14.6 Å². The molecule has 1 fully saturated rings. The lowest BCUT2D eigenvalue weighted by Gasteiger charge is -2.11. The first kappa shape index (κ1) is 20.6. The Morgan fingerprint density at radius 2 is 2.07 bits per heavy atom. The molecular weight excluding hydrogens is 426 g/mol. The molecule has 2 aromatic carbocycles. The highest BCUT2D eigenvalue weighted by Crippen LogP contribution is 2.35. The molecule has 1 unspecified atom stereocenters. The number of hydrogen-bond donors (Lipinski definition) is 2. The number of halogens is 1. The highest BCUT2D eigenvalue weighted by molar-refractivity contribution is 7.79. The second-order valence-electron chi connectivity index (χ2n) is 7.06. The van der Waals surface area contributed by atoms with Gasteiger partial charge in [-0.3, -0.25) is 9.48 Å². The van der Waals surface area contributed by atoms with Gasteiger partial charge >= 0.3 is 0 Å². The lowest BCUT2D eigenvalue weighted by molar-refractivity contribution is -0.115. The van der Waals surface area contributed by atoms with Gasteiger partial charge in [0.1, 0.15) is 6.61 Å². The van der Waals surface area contributed by atoms with Crippen LogP contribution in [0.2, 0.25) is 5.02 Å². The van der Waals surface area contributed by atoms with Crippen molar-refractivity contribution >= 4 is 34.3 Å². The van der Waals surface area contributed by atoms with Crippen LogP contribution in [0.5, 0.6) is 5.75 Å². The summed E-state index contributed by atoms with van der Waals surface area (Å²) < 4.78 is 29.1. The molecule has 1 aliphatic carbocycles. The zero-order valence-electron chi connectivity index (χ0n) is 16.0. The fourth-order valence-electron chi connectivity index (χ4n) is 3.03. The fourth-order valence-corrected chi connectivity index (χ4v) is 3.81. The van der Waals surface area contributed by atoms with Crippen molar-refractivity contribution in [2.75, 3.05) is 5.32 Å². The summed E-state index contributed by atoms with van der Waals surface area (Å²) in [5, 5.41) is 7.52. The van der Waals surface area contributed by atoms with Crippen LogP contribution in [-0.2, 0) is 28.9 Å². The van der Waals surface area contributed by atoms with Crippen LogP contribution in [0.15, 0.2) is 59.8 Å². The minimum Gasteiger partial charge on any atom is -0.486 e. The molecule has 0 saturated heterocycles. The molecule has 1 saturated carbocycles. The minimum absolute atomic E-state index is 0.104. The Bertz CT molecular complexity index is 1100. The predicted octanol–water partition coefficient (Wildman–Crippen LogP) is 4.21. The molecule has 9 heteroatoms. The molecule has 156 valence electrons. The number of benzene rings is 2. The zero-order valence-corrected chi connectivity index (χ0v) is 17.5. The van der Waals surface area contributed by atoms with Crippen molar-refractivity contribution < 1.29 is 18.3 Å². The Hall–Kier alpha value is -2.68. The van der Waals surface area contributed by atoms with Crippen molar-refractivity contribution in [2.45, 2.75) is 36.8 Å². The predicted molar refractivity (Wildman–Crippen MR) is 114 cm³/mol. The molecule has 30 heavy (non-hydrogen) atoms. The van der Waals surface area contributed by atoms with Crippen LogP contribution in [0, 0.1) is 0 Å². The highest BCUT2D eigenvalue weighted by Gasteiger charge is 2.24. The van der Waals surface area contributed by atoms with E-state index in [1.807, 2.05) is 16.9 Å². The molecule has 1 aliphatic rings. The first-order chi connectivity index (χ1) is 14.5. The highest BCUT2D eigenvalue weighted by atomic mass is 35.5. The topological polar surface area (TPSA) is 93.5 Å². The third-order valence-electron chi connectivity index (χ3n) is 4.74. The van der Waals surface area contributed by atoms with E-state index >= 15 is 0 Å². The first-order valence-corrected chi connectivity index (χ1v) is 10.9. The van der Waals surface area contributed by atoms with Crippen LogP contribution in [0.3, 0.4) is 0 Å². The standard InChI is InChI=1S/C21H20ClN3O4S/c22-19-4-2-1-3-14(19)9-21(26)24-16-6-5-15(20(10-16)30(27)28)13-29-18-11-23-25(12-18)17-7-8-17/h1-6,10-12,17H,7-9,13H2,(H,24,26)(H,27,28). The third-order valence-corrected chi connectivity index (χ3v) is 5.87. The Morgan fingerprint density at radius 3 is 2.80 bits per heavy atom. The summed E-state index contributed by atoms with van der Waals surface area (Å²) in [6, 6.07) is 12.4. The average molecular weight is 446 g/mol. The van der Waals surface area contributed by atoms with E-state index < -0.39 is 11.1 Å². The summed E-state index contributed by atoms with van der Waals surface area (Å²) in [4.78, 5) is 12.5. The van der Waals surface area contributed by atoms with Gasteiger partial charge in [0, 0.05) is 16.3 Å². The molecular formula is C21H20ClN3O4S. The van der Waals surface area contributed by atoms with Gasteiger partial charge in [-0.2, -0.15) is 5.10 Å². The number of nitrogens with one attached hydrogen (secondary N) is 1. The molecule has 1 atom stereocenters. The molecule has 1 aromatic heterocycles. The van der Waals surface area contributed by atoms with E-state index in [0.717, 1.165) is 12.8 Å². The van der Waals surface area contributed by atoms with Gasteiger partial charge in [0.25, 0.3) is 0 Å². The monoisotopic (exact) mass is 445 g/mol. The largest absolute Gasteiger partial charge is 0.486 e. The molecule has 1 amide bonds. The quantitative estimate of drug-likeness (QED) is 0.506. The molecule has 0 bridgehead atoms. The van der Waals surface area contributed by atoms with Crippen molar-refractivity contribution in [1.82, 2.24) is 9.78 Å². The number of ether oxygens (including phenoxy) is 1. The van der Waals surface area contributed by atoms with Gasteiger partial charge in [0.15, 0.2) is 16.8 Å². The summed E-state index contributed by atoms with van der Waals surface area (Å²) in [6.45, 7) is 0.117. The number of aromatic nitrogens is 2. The first-order valence-electron chi connectivity index (χ1n) is 9.43. The van der Waals surface area contributed by atoms with E-state index in [2.05, 4.69) is 10.4 Å². The number of carbonyl (C=O) groups is 1. The summed E-state index contributed by atoms with van der Waals surface area (Å²) in [5.74, 6) is 0.336. The van der Waals surface area contributed by atoms with Crippen molar-refractivity contribution in [3.05, 3.63) is 71.0 Å². The summed E-state index contributed by atoms with van der Waals surface area (Å²) >= 11 is 3.86. The molecule has 4 rings (SSSR count).